The summed E-state index contributed by atoms with van der Waals surface area (Å²) in [6.45, 7) is 0. The Morgan fingerprint density at radius 3 is 2.77 bits per heavy atom. The number of nitrogens with two attached hydrogens (primary N) is 2. The second-order valence-electron chi connectivity index (χ2n) is 4.68. The van der Waals surface area contributed by atoms with Crippen LogP contribution >= 0.6 is 11.3 Å². The highest BCUT2D eigenvalue weighted by molar-refractivity contribution is 7.12. The zero-order chi connectivity index (χ0) is 16.1. The van der Waals surface area contributed by atoms with E-state index >= 15 is 0 Å². The molecule has 117 valence electrons. The number of aromatic hydroxyl groups is 1. The van der Waals surface area contributed by atoms with Crippen LogP contribution < -0.4 is 11.5 Å². The number of nitrogen functional groups attached to an aromatic ring is 2. The van der Waals surface area contributed by atoms with E-state index in [4.69, 9.17) is 11.5 Å². The lowest BCUT2D eigenvalue weighted by molar-refractivity contribution is 0.0606. The Balaban J connectivity index is 1.85. The number of hydrogen-bond acceptors (Lipinski definition) is 8. The maximum Gasteiger partial charge on any atom is 0.348 e. The zero-order valence-electron chi connectivity index (χ0n) is 12.1. The Morgan fingerprint density at radius 1 is 1.36 bits per heavy atom. The summed E-state index contributed by atoms with van der Waals surface area (Å²) in [5, 5.41) is 11.6. The molecule has 7 nitrogen and oxygen atoms in total. The van der Waals surface area contributed by atoms with Crippen LogP contribution in [0.25, 0.3) is 0 Å². The molecule has 0 unspecified atom stereocenters. The third kappa shape index (κ3) is 3.85. The van der Waals surface area contributed by atoms with E-state index in [9.17, 15) is 9.90 Å². The van der Waals surface area contributed by atoms with Gasteiger partial charge in [0.15, 0.2) is 0 Å². The predicted molar refractivity (Wildman–Crippen MR) is 83.7 cm³/mol. The Kier molecular flexibility index (Phi) is 5.16. The fourth-order valence-corrected chi connectivity index (χ4v) is 2.82. The zero-order valence-corrected chi connectivity index (χ0v) is 12.9. The average Bonchev–Trinajstić information content (AvgIpc) is 2.93. The van der Waals surface area contributed by atoms with Gasteiger partial charge in [0.05, 0.1) is 12.7 Å². The summed E-state index contributed by atoms with van der Waals surface area (Å²) in [6, 6.07) is 3.02. The normalized spacial score (nSPS) is 10.6. The number of nitrogens with zero attached hydrogens (tertiary/aromatic N) is 2. The molecule has 5 N–H and O–H groups in total. The van der Waals surface area contributed by atoms with Crippen molar-refractivity contribution in [1.82, 2.24) is 9.97 Å². The fourth-order valence-electron chi connectivity index (χ4n) is 2.01. The molecule has 2 aromatic heterocycles. The predicted octanol–water partition coefficient (Wildman–Crippen LogP) is 1.56. The highest BCUT2D eigenvalue weighted by Gasteiger charge is 2.11. The van der Waals surface area contributed by atoms with Crippen molar-refractivity contribution in [2.24, 2.45) is 0 Å². The number of aromatic nitrogens is 2. The van der Waals surface area contributed by atoms with Gasteiger partial charge in [0.1, 0.15) is 10.7 Å². The third-order valence-corrected chi connectivity index (χ3v) is 4.03. The van der Waals surface area contributed by atoms with Crippen LogP contribution in [0.2, 0.25) is 0 Å². The standard InChI is InChI=1S/C14H17N4O3S/c1-21-13(20)10-6-8(7-22-10)4-2-3-5-9-11(15)17-14(16)18-12(9)19/h7H,2-5H2,1H3,(H5,15,16,17,18,19). The summed E-state index contributed by atoms with van der Waals surface area (Å²) in [5.74, 6) is -0.366. The van der Waals surface area contributed by atoms with Crippen LogP contribution in [-0.2, 0) is 17.6 Å². The van der Waals surface area contributed by atoms with Crippen molar-refractivity contribution < 1.29 is 14.6 Å². The molecule has 1 radical (unpaired) electrons. The molecule has 2 aromatic rings. The minimum Gasteiger partial charge on any atom is -0.493 e. The SMILES string of the molecule is COC(=O)c1[c]c(CCCCc2c(N)nc(N)nc2O)cs1. The molecule has 2 rings (SSSR count). The van der Waals surface area contributed by atoms with E-state index in [-0.39, 0.29) is 23.6 Å². The number of thiophene rings is 1. The molecule has 0 aliphatic heterocycles. The maximum absolute atomic E-state index is 11.3. The minimum absolute atomic E-state index is 0.0398. The summed E-state index contributed by atoms with van der Waals surface area (Å²) in [4.78, 5) is 19.3. The molecule has 0 bridgehead atoms. The van der Waals surface area contributed by atoms with Crippen LogP contribution in [0.4, 0.5) is 11.8 Å². The van der Waals surface area contributed by atoms with Gasteiger partial charge in [-0.1, -0.05) is 0 Å². The maximum atomic E-state index is 11.3. The lowest BCUT2D eigenvalue weighted by atomic mass is 10.1. The number of aryl methyl sites for hydroxylation is 1. The van der Waals surface area contributed by atoms with Crippen molar-refractivity contribution in [1.29, 1.82) is 0 Å². The Bertz CT molecular complexity index is 649. The van der Waals surface area contributed by atoms with E-state index in [2.05, 4.69) is 20.8 Å². The molecule has 0 aliphatic rings. The number of carbonyl (C=O) groups excluding carboxylic acids is 1. The quantitative estimate of drug-likeness (QED) is 0.544. The van der Waals surface area contributed by atoms with E-state index < -0.39 is 0 Å². The summed E-state index contributed by atoms with van der Waals surface area (Å²) in [7, 11) is 1.35. The molecule has 0 saturated carbocycles. The molecule has 2 heterocycles. The molecule has 0 fully saturated rings. The number of rotatable bonds is 6. The molecular weight excluding hydrogens is 304 g/mol. The summed E-state index contributed by atoms with van der Waals surface area (Å²) in [5.41, 5.74) is 12.6. The smallest absolute Gasteiger partial charge is 0.348 e. The molecule has 22 heavy (non-hydrogen) atoms. The second kappa shape index (κ2) is 7.08. The van der Waals surface area contributed by atoms with Gasteiger partial charge in [0.2, 0.25) is 11.8 Å². The van der Waals surface area contributed by atoms with E-state index in [1.807, 2.05) is 5.38 Å². The van der Waals surface area contributed by atoms with Gasteiger partial charge in [0, 0.05) is 6.07 Å². The number of anilines is 2. The van der Waals surface area contributed by atoms with Crippen LogP contribution in [0.15, 0.2) is 5.38 Å². The molecular formula is C14H17N4O3S. The first-order valence-electron chi connectivity index (χ1n) is 6.70. The average molecular weight is 321 g/mol. The first-order valence-corrected chi connectivity index (χ1v) is 7.58. The van der Waals surface area contributed by atoms with Gasteiger partial charge in [0.25, 0.3) is 0 Å². The lowest BCUT2D eigenvalue weighted by Gasteiger charge is -2.07. The number of ether oxygens (including phenoxy) is 1. The van der Waals surface area contributed by atoms with Gasteiger partial charge in [-0.05, 0) is 36.6 Å². The van der Waals surface area contributed by atoms with Crippen molar-refractivity contribution in [2.45, 2.75) is 25.7 Å². The van der Waals surface area contributed by atoms with Gasteiger partial charge in [-0.3, -0.25) is 0 Å². The number of unbranched alkanes of at least 4 members (excludes halogenated alkanes) is 1. The van der Waals surface area contributed by atoms with Crippen LogP contribution in [0, 0.1) is 6.07 Å². The highest BCUT2D eigenvalue weighted by atomic mass is 32.1. The van der Waals surface area contributed by atoms with Gasteiger partial charge in [-0.15, -0.1) is 11.3 Å². The number of hydrogen-bond donors (Lipinski definition) is 3. The molecule has 0 atom stereocenters. The summed E-state index contributed by atoms with van der Waals surface area (Å²) >= 11 is 1.32. The molecule has 0 spiro atoms. The molecule has 0 amide bonds. The van der Waals surface area contributed by atoms with Crippen LogP contribution in [0.1, 0.15) is 33.6 Å². The highest BCUT2D eigenvalue weighted by Crippen LogP contribution is 2.23. The molecule has 0 saturated heterocycles. The van der Waals surface area contributed by atoms with Crippen LogP contribution in [-0.4, -0.2) is 28.2 Å². The number of esters is 1. The second-order valence-corrected chi connectivity index (χ2v) is 5.56. The summed E-state index contributed by atoms with van der Waals surface area (Å²) in [6.07, 6.45) is 3.00. The monoisotopic (exact) mass is 321 g/mol. The van der Waals surface area contributed by atoms with Crippen LogP contribution in [0.3, 0.4) is 0 Å². The molecule has 0 aromatic carbocycles. The fraction of sp³-hybridized carbons (Fsp3) is 0.357. The minimum atomic E-state index is -0.368. The Labute approximate surface area is 132 Å². The van der Waals surface area contributed by atoms with E-state index in [1.165, 1.54) is 18.4 Å². The van der Waals surface area contributed by atoms with Gasteiger partial charge < -0.3 is 21.3 Å². The first-order chi connectivity index (χ1) is 10.5. The Hall–Kier alpha value is -2.35. The Morgan fingerprint density at radius 2 is 2.09 bits per heavy atom. The van der Waals surface area contributed by atoms with E-state index in [1.54, 1.807) is 0 Å². The van der Waals surface area contributed by atoms with Gasteiger partial charge in [-0.2, -0.15) is 9.97 Å². The topological polar surface area (TPSA) is 124 Å². The van der Waals surface area contributed by atoms with Crippen molar-refractivity contribution in [3.05, 3.63) is 27.5 Å². The van der Waals surface area contributed by atoms with E-state index in [0.717, 1.165) is 24.8 Å². The summed E-state index contributed by atoms with van der Waals surface area (Å²) < 4.78 is 4.64. The van der Waals surface area contributed by atoms with Crippen molar-refractivity contribution >= 4 is 29.1 Å². The van der Waals surface area contributed by atoms with Crippen molar-refractivity contribution in [3.63, 3.8) is 0 Å². The van der Waals surface area contributed by atoms with Crippen molar-refractivity contribution in [3.8, 4) is 5.88 Å². The van der Waals surface area contributed by atoms with Crippen LogP contribution in [0.5, 0.6) is 5.88 Å². The molecule has 8 heteroatoms. The van der Waals surface area contributed by atoms with Crippen molar-refractivity contribution in [2.75, 3.05) is 18.6 Å². The number of carbonyl (C=O) groups is 1. The van der Waals surface area contributed by atoms with Gasteiger partial charge in [-0.25, -0.2) is 4.79 Å². The first kappa shape index (κ1) is 16.0. The largest absolute Gasteiger partial charge is 0.493 e. The molecule has 0 aliphatic carbocycles. The third-order valence-electron chi connectivity index (χ3n) is 3.12. The lowest BCUT2D eigenvalue weighted by Crippen LogP contribution is -2.04. The number of methoxy groups -OCH3 is 1. The van der Waals surface area contributed by atoms with Gasteiger partial charge >= 0.3 is 5.97 Å². The van der Waals surface area contributed by atoms with E-state index in [0.29, 0.717) is 16.9 Å².